The molecule has 118 valence electrons. The third kappa shape index (κ3) is 3.16. The predicted molar refractivity (Wildman–Crippen MR) is 79.0 cm³/mol. The lowest BCUT2D eigenvalue weighted by Gasteiger charge is -2.24. The lowest BCUT2D eigenvalue weighted by molar-refractivity contribution is -0.0980. The van der Waals surface area contributed by atoms with Crippen LogP contribution >= 0.6 is 0 Å². The van der Waals surface area contributed by atoms with Gasteiger partial charge in [-0.1, -0.05) is 6.58 Å². The van der Waals surface area contributed by atoms with Crippen LogP contribution in [0.25, 0.3) is 0 Å². The Kier molecular flexibility index (Phi) is 4.90. The van der Waals surface area contributed by atoms with Gasteiger partial charge in [0.2, 0.25) is 0 Å². The Labute approximate surface area is 128 Å². The second-order valence-corrected chi connectivity index (χ2v) is 5.25. The largest absolute Gasteiger partial charge is 0.381 e. The molecule has 0 unspecified atom stereocenters. The number of anilines is 1. The summed E-state index contributed by atoms with van der Waals surface area (Å²) in [6, 6.07) is 2.18. The van der Waals surface area contributed by atoms with E-state index in [-0.39, 0.29) is 23.5 Å². The zero-order valence-electron chi connectivity index (χ0n) is 12.8. The van der Waals surface area contributed by atoms with E-state index in [4.69, 9.17) is 15.2 Å². The number of hydrogen-bond donors (Lipinski definition) is 1. The Balaban J connectivity index is 2.34. The fourth-order valence-electron chi connectivity index (χ4n) is 2.28. The van der Waals surface area contributed by atoms with Crippen molar-refractivity contribution < 1.29 is 9.47 Å². The second kappa shape index (κ2) is 6.68. The predicted octanol–water partition coefficient (Wildman–Crippen LogP) is 0.685. The first kappa shape index (κ1) is 16.1. The topological polar surface area (TPSA) is 111 Å². The summed E-state index contributed by atoms with van der Waals surface area (Å²) in [6.45, 7) is 7.87. The summed E-state index contributed by atoms with van der Waals surface area (Å²) in [7, 11) is 0. The van der Waals surface area contributed by atoms with Crippen LogP contribution in [0.3, 0.4) is 0 Å². The average molecular weight is 304 g/mol. The molecule has 2 atom stereocenters. The third-order valence-electron chi connectivity index (χ3n) is 3.31. The van der Waals surface area contributed by atoms with E-state index in [2.05, 4.69) is 27.7 Å². The van der Waals surface area contributed by atoms with Crippen molar-refractivity contribution in [1.29, 1.82) is 5.26 Å². The standard InChI is InChI=1S/C14H20N6O2/c1-4-17-13-12(16)18-9-19-20(13)14(8-15)6-5-11(22-14)7-21-10(2)3/h4,9-11H,1,5-7H2,2-3H3,(H2,16,18,19)/b17-13-/t11-,14-/m0/s1. The molecule has 0 amide bonds. The molecule has 0 bridgehead atoms. The van der Waals surface area contributed by atoms with Crippen LogP contribution in [0.2, 0.25) is 0 Å². The van der Waals surface area contributed by atoms with Crippen LogP contribution in [0, 0.1) is 11.3 Å². The van der Waals surface area contributed by atoms with Crippen molar-refractivity contribution in [3.63, 3.8) is 0 Å². The first-order valence-corrected chi connectivity index (χ1v) is 7.08. The Bertz CT molecular complexity index is 647. The van der Waals surface area contributed by atoms with E-state index in [0.717, 1.165) is 0 Å². The van der Waals surface area contributed by atoms with E-state index in [0.29, 0.717) is 19.4 Å². The number of nitriles is 1. The summed E-state index contributed by atoms with van der Waals surface area (Å²) in [5, 5.41) is 13.8. The molecule has 1 aliphatic rings. The van der Waals surface area contributed by atoms with E-state index in [1.54, 1.807) is 0 Å². The molecule has 1 aromatic rings. The van der Waals surface area contributed by atoms with Crippen molar-refractivity contribution in [2.24, 2.45) is 4.99 Å². The maximum absolute atomic E-state index is 9.64. The molecule has 0 aromatic carbocycles. The monoisotopic (exact) mass is 304 g/mol. The van der Waals surface area contributed by atoms with Gasteiger partial charge in [0.1, 0.15) is 12.4 Å². The summed E-state index contributed by atoms with van der Waals surface area (Å²) < 4.78 is 12.8. The molecule has 1 fully saturated rings. The fourth-order valence-corrected chi connectivity index (χ4v) is 2.28. The Hall–Kier alpha value is -2.24. The molecule has 1 saturated heterocycles. The minimum atomic E-state index is -1.26. The molecule has 0 saturated carbocycles. The quantitative estimate of drug-likeness (QED) is 0.856. The number of hydrogen-bond acceptors (Lipinski definition) is 7. The van der Waals surface area contributed by atoms with E-state index < -0.39 is 5.72 Å². The van der Waals surface area contributed by atoms with E-state index in [1.807, 2.05) is 13.8 Å². The molecule has 0 aliphatic carbocycles. The highest BCUT2D eigenvalue weighted by molar-refractivity contribution is 5.22. The van der Waals surface area contributed by atoms with Gasteiger partial charge < -0.3 is 15.2 Å². The number of nitrogen functional groups attached to an aromatic ring is 1. The molecule has 2 rings (SSSR count). The molecule has 0 radical (unpaired) electrons. The van der Waals surface area contributed by atoms with Crippen molar-refractivity contribution in [2.75, 3.05) is 12.3 Å². The smallest absolute Gasteiger partial charge is 0.252 e. The van der Waals surface area contributed by atoms with Crippen LogP contribution in [-0.2, 0) is 15.2 Å². The summed E-state index contributed by atoms with van der Waals surface area (Å²) in [5.41, 5.74) is 4.81. The van der Waals surface area contributed by atoms with Gasteiger partial charge in [-0.3, -0.25) is 0 Å². The zero-order valence-corrected chi connectivity index (χ0v) is 12.8. The molecular weight excluding hydrogens is 284 g/mol. The number of ether oxygens (including phenoxy) is 2. The minimum absolute atomic E-state index is 0.106. The van der Waals surface area contributed by atoms with Gasteiger partial charge in [0.15, 0.2) is 11.3 Å². The third-order valence-corrected chi connectivity index (χ3v) is 3.31. The number of nitrogens with two attached hydrogens (primary N) is 1. The van der Waals surface area contributed by atoms with Crippen LogP contribution in [0.15, 0.2) is 24.1 Å². The molecule has 2 heterocycles. The first-order valence-electron chi connectivity index (χ1n) is 7.08. The van der Waals surface area contributed by atoms with Crippen LogP contribution in [0.1, 0.15) is 26.7 Å². The maximum atomic E-state index is 9.64. The van der Waals surface area contributed by atoms with Gasteiger partial charge >= 0.3 is 0 Å². The van der Waals surface area contributed by atoms with E-state index in [1.165, 1.54) is 17.2 Å². The highest BCUT2D eigenvalue weighted by atomic mass is 16.6. The van der Waals surface area contributed by atoms with Crippen LogP contribution in [-0.4, -0.2) is 33.6 Å². The molecule has 8 heteroatoms. The van der Waals surface area contributed by atoms with Gasteiger partial charge in [-0.15, -0.1) is 0 Å². The van der Waals surface area contributed by atoms with Gasteiger partial charge in [0, 0.05) is 12.6 Å². The lowest BCUT2D eigenvalue weighted by Crippen LogP contribution is -2.43. The Morgan fingerprint density at radius 1 is 1.77 bits per heavy atom. The van der Waals surface area contributed by atoms with Crippen molar-refractivity contribution in [3.05, 3.63) is 24.6 Å². The minimum Gasteiger partial charge on any atom is -0.381 e. The normalized spacial score (nSPS) is 25.4. The SMILES string of the molecule is C=C/N=c1/c(N)ncnn1[C@@]1(C#N)CC[C@@H](COC(C)C)O1. The zero-order chi connectivity index (χ0) is 16.2. The molecule has 1 aliphatic heterocycles. The maximum Gasteiger partial charge on any atom is 0.252 e. The van der Waals surface area contributed by atoms with Gasteiger partial charge in [-0.2, -0.15) is 15.0 Å². The molecule has 8 nitrogen and oxygen atoms in total. The summed E-state index contributed by atoms with van der Waals surface area (Å²) in [4.78, 5) is 7.95. The van der Waals surface area contributed by atoms with E-state index in [9.17, 15) is 5.26 Å². The van der Waals surface area contributed by atoms with Crippen molar-refractivity contribution in [1.82, 2.24) is 14.8 Å². The second-order valence-electron chi connectivity index (χ2n) is 5.25. The van der Waals surface area contributed by atoms with Crippen molar-refractivity contribution in [2.45, 2.75) is 44.6 Å². The molecule has 2 N–H and O–H groups in total. The van der Waals surface area contributed by atoms with Gasteiger partial charge in [0.25, 0.3) is 5.72 Å². The summed E-state index contributed by atoms with van der Waals surface area (Å²) in [6.07, 6.45) is 3.68. The van der Waals surface area contributed by atoms with Gasteiger partial charge in [0.05, 0.1) is 18.8 Å². The van der Waals surface area contributed by atoms with Crippen molar-refractivity contribution in [3.8, 4) is 6.07 Å². The average Bonchev–Trinajstić information content (AvgIpc) is 2.92. The van der Waals surface area contributed by atoms with Crippen LogP contribution in [0.5, 0.6) is 0 Å². The van der Waals surface area contributed by atoms with Crippen LogP contribution in [0.4, 0.5) is 5.82 Å². The highest BCUT2D eigenvalue weighted by Gasteiger charge is 2.44. The Morgan fingerprint density at radius 2 is 2.55 bits per heavy atom. The molecular formula is C14H20N6O2. The molecule has 22 heavy (non-hydrogen) atoms. The Morgan fingerprint density at radius 3 is 3.18 bits per heavy atom. The summed E-state index contributed by atoms with van der Waals surface area (Å²) in [5.74, 6) is 0.162. The van der Waals surface area contributed by atoms with Crippen LogP contribution < -0.4 is 11.2 Å². The molecule has 0 spiro atoms. The van der Waals surface area contributed by atoms with Gasteiger partial charge in [-0.05, 0) is 20.3 Å². The number of rotatable bonds is 5. The summed E-state index contributed by atoms with van der Waals surface area (Å²) >= 11 is 0. The lowest BCUT2D eigenvalue weighted by atomic mass is 10.1. The van der Waals surface area contributed by atoms with Gasteiger partial charge in [-0.25, -0.2) is 9.98 Å². The fraction of sp³-hybridized carbons (Fsp3) is 0.571. The molecule has 1 aromatic heterocycles. The number of aromatic nitrogens is 3. The number of nitrogens with zero attached hydrogens (tertiary/aromatic N) is 5. The highest BCUT2D eigenvalue weighted by Crippen LogP contribution is 2.33. The van der Waals surface area contributed by atoms with E-state index >= 15 is 0 Å². The van der Waals surface area contributed by atoms with Crippen molar-refractivity contribution >= 4 is 5.82 Å². The first-order chi connectivity index (χ1) is 10.5.